The average molecular weight is 1460 g/mol. The molecule has 0 saturated carbocycles. The van der Waals surface area contributed by atoms with E-state index in [2.05, 4.69) is 67.6 Å². The molecule has 6 atom stereocenters. The number of rotatable bonds is 16. The molecule has 8 aromatic rings. The number of aryl methyl sites for hydroxylation is 1. The first kappa shape index (κ1) is 81.3. The van der Waals surface area contributed by atoms with Gasteiger partial charge in [-0.2, -0.15) is 0 Å². The molecule has 2 aliphatic rings. The number of methoxy groups -OCH3 is 6. The predicted molar refractivity (Wildman–Crippen MR) is 393 cm³/mol. The van der Waals surface area contributed by atoms with Crippen LogP contribution in [-0.2, 0) is 73.5 Å². The van der Waals surface area contributed by atoms with Crippen LogP contribution in [0.15, 0.2) is 133 Å². The van der Waals surface area contributed by atoms with Crippen LogP contribution in [0.1, 0.15) is 100 Å². The highest BCUT2D eigenvalue weighted by molar-refractivity contribution is 6.13. The zero-order valence-corrected chi connectivity index (χ0v) is 61.9. The van der Waals surface area contributed by atoms with Crippen LogP contribution in [-0.4, -0.2) is 139 Å². The molecule has 0 spiro atoms. The molecule has 8 bridgehead atoms. The van der Waals surface area contributed by atoms with Gasteiger partial charge in [0.05, 0.1) is 55.7 Å². The normalized spacial score (nSPS) is 18.1. The Bertz CT molecular complexity index is 4420. The predicted octanol–water partition coefficient (Wildman–Crippen LogP) is 1.80. The highest BCUT2D eigenvalue weighted by Crippen LogP contribution is 2.51. The molecule has 0 fully saturated rings. The Labute approximate surface area is 618 Å². The number of quaternary nitrogens is 2. The Hall–Kier alpha value is -10.0. The van der Waals surface area contributed by atoms with E-state index in [1.807, 2.05) is 109 Å². The fraction of sp³-hybridized carbons (Fsp3) is 0.375. The van der Waals surface area contributed by atoms with Crippen LogP contribution >= 0.6 is 0 Å². The molecule has 24 heteroatoms. The first-order valence-corrected chi connectivity index (χ1v) is 34.9. The van der Waals surface area contributed by atoms with Crippen LogP contribution in [0.2, 0.25) is 0 Å². The molecular formula is C80H96Cl2N8O14. The first-order valence-electron chi connectivity index (χ1n) is 34.9. The number of hydrogen-bond donors (Lipinski definition) is 8. The van der Waals surface area contributed by atoms with E-state index in [1.165, 1.54) is 28.1 Å². The number of amides is 6. The summed E-state index contributed by atoms with van der Waals surface area (Å²) in [7, 11) is 9.06. The molecule has 554 valence electrons. The van der Waals surface area contributed by atoms with Gasteiger partial charge < -0.3 is 96.6 Å². The Kier molecular flexibility index (Phi) is 30.5. The van der Waals surface area contributed by atoms with Gasteiger partial charge in [-0.1, -0.05) is 116 Å². The third kappa shape index (κ3) is 19.4. The van der Waals surface area contributed by atoms with E-state index in [4.69, 9.17) is 28.4 Å². The van der Waals surface area contributed by atoms with Crippen molar-refractivity contribution in [2.24, 2.45) is 0 Å². The smallest absolute Gasteiger partial charge is 0.328 e. The first-order chi connectivity index (χ1) is 49.4. The summed E-state index contributed by atoms with van der Waals surface area (Å²) in [5.74, 6) is -1.60. The highest BCUT2D eigenvalue weighted by atomic mass is 35.5. The van der Waals surface area contributed by atoms with Gasteiger partial charge in [-0.25, -0.2) is 9.59 Å². The molecule has 10 rings (SSSR count). The van der Waals surface area contributed by atoms with Gasteiger partial charge in [0.2, 0.25) is 35.4 Å². The summed E-state index contributed by atoms with van der Waals surface area (Å²) >= 11 is 0. The van der Waals surface area contributed by atoms with Crippen LogP contribution in [0, 0.1) is 0 Å². The average Bonchev–Trinajstić information content (AvgIpc) is 0.744. The van der Waals surface area contributed by atoms with Crippen LogP contribution in [0.3, 0.4) is 0 Å². The lowest BCUT2D eigenvalue weighted by Gasteiger charge is -2.26. The largest absolute Gasteiger partial charge is 1.00 e. The number of carbonyl (C=O) groups is 8. The number of carbonyl (C=O) groups excluding carboxylic acids is 8. The minimum atomic E-state index is -1.06. The standard InChI is InChI=1S/C40H48N4O7.C40H46N4O7.2ClH/c2*1-24(45)42-33-23-28-22-26-14-6-9-17-30(26)35(37(28)50-3)34-29-16-8-5-13-25(29)21-27(36(34)49-2)15-7-10-19-32(40(48)51-4)44-38(46)31(43-39(33)47)18-11-12-20-41;;/h5-6,8-9,13-14,16-17,21-22,31-33H,7,10-12,15,18-20,23,41H2,1-4H3,(H,42,45)(H,43,47)(H,44,46);5-10,13-14,16-17,21-22,31-33H,11-12,15,18-20,23,41H2,1-4H3,(H,42,45)(H,43,47)(H,44,46);2*1H/t2*31-,32+,33?;;/m11../s1. The van der Waals surface area contributed by atoms with E-state index >= 15 is 0 Å². The summed E-state index contributed by atoms with van der Waals surface area (Å²) in [5, 5.41) is 24.7. The third-order valence-corrected chi connectivity index (χ3v) is 18.8. The van der Waals surface area contributed by atoms with Gasteiger partial charge in [0.25, 0.3) is 0 Å². The molecule has 22 nitrogen and oxygen atoms in total. The van der Waals surface area contributed by atoms with E-state index in [9.17, 15) is 38.4 Å². The molecule has 12 N–H and O–H groups in total. The summed E-state index contributed by atoms with van der Waals surface area (Å²) < 4.78 is 35.0. The topological polar surface area (TPSA) is 319 Å². The van der Waals surface area contributed by atoms with Crippen molar-refractivity contribution < 1.29 is 103 Å². The summed E-state index contributed by atoms with van der Waals surface area (Å²) in [4.78, 5) is 107. The number of ether oxygens (including phenoxy) is 6. The maximum Gasteiger partial charge on any atom is 0.328 e. The Morgan fingerprint density at radius 1 is 0.442 bits per heavy atom. The molecule has 0 radical (unpaired) electrons. The Balaban J connectivity index is 0.000000285. The minimum Gasteiger partial charge on any atom is -1.00 e. The van der Waals surface area contributed by atoms with Crippen molar-refractivity contribution in [1.82, 2.24) is 31.9 Å². The van der Waals surface area contributed by atoms with Gasteiger partial charge in [0.1, 0.15) is 59.2 Å². The maximum atomic E-state index is 14.1. The van der Waals surface area contributed by atoms with Gasteiger partial charge in [-0.15, -0.1) is 0 Å². The number of nitrogens with one attached hydrogen (secondary N) is 6. The monoisotopic (exact) mass is 1460 g/mol. The molecule has 0 aromatic heterocycles. The number of halogens is 2. The van der Waals surface area contributed by atoms with Crippen molar-refractivity contribution in [1.29, 1.82) is 0 Å². The van der Waals surface area contributed by atoms with Gasteiger partial charge in [0, 0.05) is 48.9 Å². The summed E-state index contributed by atoms with van der Waals surface area (Å²) in [6.07, 6.45) is 10.2. The highest BCUT2D eigenvalue weighted by Gasteiger charge is 2.35. The van der Waals surface area contributed by atoms with Crippen molar-refractivity contribution in [3.8, 4) is 45.3 Å². The lowest BCUT2D eigenvalue weighted by Crippen LogP contribution is -3.00. The minimum absolute atomic E-state index is 0. The van der Waals surface area contributed by atoms with Crippen molar-refractivity contribution in [3.63, 3.8) is 0 Å². The molecule has 2 unspecified atom stereocenters. The quantitative estimate of drug-likeness (QED) is 0.0389. The number of allylic oxidation sites excluding steroid dienone is 1. The van der Waals surface area contributed by atoms with Crippen molar-refractivity contribution in [2.45, 2.75) is 140 Å². The van der Waals surface area contributed by atoms with Crippen molar-refractivity contribution in [3.05, 3.63) is 156 Å². The number of benzene rings is 8. The lowest BCUT2D eigenvalue weighted by atomic mass is 9.86. The van der Waals surface area contributed by atoms with Crippen molar-refractivity contribution >= 4 is 90.5 Å². The van der Waals surface area contributed by atoms with E-state index in [0.717, 1.165) is 89.3 Å². The number of unbranched alkanes of at least 4 members (excludes halogenated alkanes) is 2. The molecule has 6 amide bonds. The van der Waals surface area contributed by atoms with Gasteiger partial charge >= 0.3 is 11.9 Å². The van der Waals surface area contributed by atoms with Crippen LogP contribution in [0.5, 0.6) is 23.0 Å². The molecule has 0 aliphatic carbocycles. The van der Waals surface area contributed by atoms with Gasteiger partial charge in [0.15, 0.2) is 0 Å². The second kappa shape index (κ2) is 39.0. The zero-order chi connectivity index (χ0) is 73.0. The van der Waals surface area contributed by atoms with Gasteiger partial charge in [-0.3, -0.25) is 28.8 Å². The lowest BCUT2D eigenvalue weighted by molar-refractivity contribution is -0.368. The SMILES string of the molecule is COC(=O)[C@@H]1CC=CCc2cc3ccccc3c(c2OC)-c2c(OC)c(cc3ccccc23)CC(NC(C)=O)C(=O)N[C@H](CCCC[NH3+])C(=O)N1.COC(=O)[C@@H]1CCCCc2cc3ccccc3c(c2OC)-c2c(OC)c(cc3ccccc23)CC(NC(C)=O)C(=O)N[C@H](CCCC[NH3+])C(=O)N1.[Cl-].[Cl-]. The molecule has 104 heavy (non-hydrogen) atoms. The number of hydrogen-bond acceptors (Lipinski definition) is 14. The Morgan fingerprint density at radius 2 is 0.798 bits per heavy atom. The van der Waals surface area contributed by atoms with Crippen LogP contribution < -0.4 is 87.1 Å². The summed E-state index contributed by atoms with van der Waals surface area (Å²) in [6, 6.07) is 34.4. The molecule has 2 heterocycles. The van der Waals surface area contributed by atoms with E-state index in [-0.39, 0.29) is 44.1 Å². The van der Waals surface area contributed by atoms with Crippen molar-refractivity contribution in [2.75, 3.05) is 55.7 Å². The van der Waals surface area contributed by atoms with Crippen LogP contribution in [0.4, 0.5) is 0 Å². The van der Waals surface area contributed by atoms with Gasteiger partial charge in [-0.05, 0) is 160 Å². The number of esters is 2. The Morgan fingerprint density at radius 3 is 1.18 bits per heavy atom. The second-order valence-electron chi connectivity index (χ2n) is 25.7. The second-order valence-corrected chi connectivity index (χ2v) is 25.7. The summed E-state index contributed by atoms with van der Waals surface area (Å²) in [6.45, 7) is 4.04. The van der Waals surface area contributed by atoms with E-state index < -0.39 is 83.6 Å². The number of fused-ring (bicyclic) bond motifs is 18. The fourth-order valence-corrected chi connectivity index (χ4v) is 14.0. The molecular weight excluding hydrogens is 1370 g/mol. The maximum absolute atomic E-state index is 14.1. The fourth-order valence-electron chi connectivity index (χ4n) is 14.0. The molecule has 8 aromatic carbocycles. The van der Waals surface area contributed by atoms with E-state index in [0.29, 0.717) is 105 Å². The van der Waals surface area contributed by atoms with Crippen LogP contribution in [0.25, 0.3) is 65.3 Å². The van der Waals surface area contributed by atoms with E-state index in [1.54, 1.807) is 28.4 Å². The zero-order valence-electron chi connectivity index (χ0n) is 60.4. The molecule has 2 aliphatic heterocycles. The summed E-state index contributed by atoms with van der Waals surface area (Å²) in [5.41, 5.74) is 14.4. The molecule has 0 saturated heterocycles. The third-order valence-electron chi connectivity index (χ3n) is 18.8.